The normalized spacial score (nSPS) is 19.5. The van der Waals surface area contributed by atoms with Crippen LogP contribution in [0.5, 0.6) is 0 Å². The Hall–Kier alpha value is -0.730. The van der Waals surface area contributed by atoms with Gasteiger partial charge in [-0.3, -0.25) is 0 Å². The Kier molecular flexibility index (Phi) is 5.42. The molecular formula is C11H20O3. The summed E-state index contributed by atoms with van der Waals surface area (Å²) >= 11 is 0. The summed E-state index contributed by atoms with van der Waals surface area (Å²) in [5, 5.41) is 0. The molecule has 14 heavy (non-hydrogen) atoms. The smallest absolute Gasteiger partial charge is 0.435 e. The molecule has 0 spiro atoms. The summed E-state index contributed by atoms with van der Waals surface area (Å²) in [7, 11) is 0. The Balaban J connectivity index is 2.22. The van der Waals surface area contributed by atoms with Gasteiger partial charge in [-0.05, 0) is 32.6 Å². The predicted molar refractivity (Wildman–Crippen MR) is 54.2 cm³/mol. The SMILES string of the molecule is CCOC(=O)OC1CCCCCCC1. The van der Waals surface area contributed by atoms with Crippen LogP contribution in [-0.4, -0.2) is 18.9 Å². The maximum Gasteiger partial charge on any atom is 0.508 e. The molecule has 0 aromatic heterocycles. The topological polar surface area (TPSA) is 35.5 Å². The molecule has 1 aliphatic rings. The molecule has 1 saturated carbocycles. The standard InChI is InChI=1S/C11H20O3/c1-2-13-11(12)14-10-8-6-4-3-5-7-9-10/h10H,2-9H2,1H3. The molecule has 0 saturated heterocycles. The van der Waals surface area contributed by atoms with Crippen LogP contribution < -0.4 is 0 Å². The third kappa shape index (κ3) is 4.49. The molecular weight excluding hydrogens is 180 g/mol. The predicted octanol–water partition coefficient (Wildman–Crippen LogP) is 3.27. The van der Waals surface area contributed by atoms with Crippen LogP contribution in [0.3, 0.4) is 0 Å². The summed E-state index contributed by atoms with van der Waals surface area (Å²) in [5.74, 6) is 0. The van der Waals surface area contributed by atoms with E-state index in [4.69, 9.17) is 9.47 Å². The zero-order valence-electron chi connectivity index (χ0n) is 8.96. The molecule has 0 bridgehead atoms. The van der Waals surface area contributed by atoms with Crippen LogP contribution in [0.4, 0.5) is 4.79 Å². The number of hydrogen-bond donors (Lipinski definition) is 0. The molecule has 3 nitrogen and oxygen atoms in total. The molecule has 3 heteroatoms. The molecule has 1 aliphatic carbocycles. The van der Waals surface area contributed by atoms with Crippen LogP contribution in [0.2, 0.25) is 0 Å². The quantitative estimate of drug-likeness (QED) is 0.642. The van der Waals surface area contributed by atoms with Gasteiger partial charge in [0, 0.05) is 0 Å². The van der Waals surface area contributed by atoms with E-state index < -0.39 is 6.16 Å². The fourth-order valence-electron chi connectivity index (χ4n) is 1.82. The van der Waals surface area contributed by atoms with Crippen molar-refractivity contribution < 1.29 is 14.3 Å². The zero-order chi connectivity index (χ0) is 10.2. The average molecular weight is 200 g/mol. The lowest BCUT2D eigenvalue weighted by molar-refractivity contribution is 0.0176. The highest BCUT2D eigenvalue weighted by Crippen LogP contribution is 2.19. The second-order valence-corrected chi connectivity index (χ2v) is 3.77. The Bertz CT molecular complexity index is 160. The first-order valence-electron chi connectivity index (χ1n) is 5.66. The minimum absolute atomic E-state index is 0.0920. The molecule has 0 heterocycles. The fraction of sp³-hybridized carbons (Fsp3) is 0.909. The molecule has 0 radical (unpaired) electrons. The maximum atomic E-state index is 11.1. The molecule has 1 fully saturated rings. The number of ether oxygens (including phenoxy) is 2. The van der Waals surface area contributed by atoms with Crippen molar-refractivity contribution in [1.29, 1.82) is 0 Å². The van der Waals surface area contributed by atoms with Crippen LogP contribution in [0, 0.1) is 0 Å². The van der Waals surface area contributed by atoms with Crippen molar-refractivity contribution in [3.05, 3.63) is 0 Å². The van der Waals surface area contributed by atoms with Crippen molar-refractivity contribution >= 4 is 6.16 Å². The molecule has 0 unspecified atom stereocenters. The van der Waals surface area contributed by atoms with Crippen LogP contribution in [0.25, 0.3) is 0 Å². The molecule has 0 amide bonds. The van der Waals surface area contributed by atoms with Crippen molar-refractivity contribution in [3.8, 4) is 0 Å². The van der Waals surface area contributed by atoms with E-state index in [1.807, 2.05) is 0 Å². The second kappa shape index (κ2) is 6.68. The van der Waals surface area contributed by atoms with E-state index in [0.29, 0.717) is 6.61 Å². The van der Waals surface area contributed by atoms with Gasteiger partial charge in [0.25, 0.3) is 0 Å². The Morgan fingerprint density at radius 2 is 1.71 bits per heavy atom. The van der Waals surface area contributed by atoms with Crippen LogP contribution in [0.15, 0.2) is 0 Å². The lowest BCUT2D eigenvalue weighted by Crippen LogP contribution is -2.20. The summed E-state index contributed by atoms with van der Waals surface area (Å²) in [5.41, 5.74) is 0. The molecule has 0 aromatic carbocycles. The summed E-state index contributed by atoms with van der Waals surface area (Å²) in [6.45, 7) is 2.19. The highest BCUT2D eigenvalue weighted by Gasteiger charge is 2.16. The van der Waals surface area contributed by atoms with E-state index in [9.17, 15) is 4.79 Å². The number of carbonyl (C=O) groups excluding carboxylic acids is 1. The van der Waals surface area contributed by atoms with Crippen molar-refractivity contribution in [3.63, 3.8) is 0 Å². The first-order chi connectivity index (χ1) is 6.83. The maximum absolute atomic E-state index is 11.1. The Morgan fingerprint density at radius 3 is 2.29 bits per heavy atom. The molecule has 0 aliphatic heterocycles. The monoisotopic (exact) mass is 200 g/mol. The average Bonchev–Trinajstić information content (AvgIpc) is 2.10. The van der Waals surface area contributed by atoms with Crippen LogP contribution >= 0.6 is 0 Å². The molecule has 1 rings (SSSR count). The Labute approximate surface area is 85.8 Å². The summed E-state index contributed by atoms with van der Waals surface area (Å²) < 4.78 is 9.96. The van der Waals surface area contributed by atoms with Crippen molar-refractivity contribution in [2.24, 2.45) is 0 Å². The molecule has 0 N–H and O–H groups in total. The summed E-state index contributed by atoms with van der Waals surface area (Å²) in [6, 6.07) is 0. The van der Waals surface area contributed by atoms with E-state index in [-0.39, 0.29) is 6.10 Å². The highest BCUT2D eigenvalue weighted by molar-refractivity contribution is 5.60. The van der Waals surface area contributed by atoms with Gasteiger partial charge in [-0.15, -0.1) is 0 Å². The van der Waals surface area contributed by atoms with E-state index >= 15 is 0 Å². The fourth-order valence-corrected chi connectivity index (χ4v) is 1.82. The summed E-state index contributed by atoms with van der Waals surface area (Å²) in [6.07, 6.45) is 7.79. The molecule has 82 valence electrons. The zero-order valence-corrected chi connectivity index (χ0v) is 8.96. The van der Waals surface area contributed by atoms with Gasteiger partial charge in [0.2, 0.25) is 0 Å². The van der Waals surface area contributed by atoms with Crippen molar-refractivity contribution in [2.45, 2.75) is 58.0 Å². The number of hydrogen-bond acceptors (Lipinski definition) is 3. The third-order valence-corrected chi connectivity index (χ3v) is 2.58. The molecule has 0 atom stereocenters. The first-order valence-corrected chi connectivity index (χ1v) is 5.66. The van der Waals surface area contributed by atoms with Gasteiger partial charge in [-0.25, -0.2) is 4.79 Å². The van der Waals surface area contributed by atoms with Gasteiger partial charge in [-0.2, -0.15) is 0 Å². The van der Waals surface area contributed by atoms with Crippen molar-refractivity contribution in [2.75, 3.05) is 6.61 Å². The Morgan fingerprint density at radius 1 is 1.14 bits per heavy atom. The minimum atomic E-state index is -0.502. The number of carbonyl (C=O) groups is 1. The van der Waals surface area contributed by atoms with Crippen LogP contribution in [0.1, 0.15) is 51.9 Å². The van der Waals surface area contributed by atoms with Gasteiger partial charge < -0.3 is 9.47 Å². The lowest BCUT2D eigenvalue weighted by Gasteiger charge is -2.19. The minimum Gasteiger partial charge on any atom is -0.435 e. The molecule has 0 aromatic rings. The van der Waals surface area contributed by atoms with Gasteiger partial charge in [0.05, 0.1) is 6.61 Å². The van der Waals surface area contributed by atoms with Gasteiger partial charge in [0.15, 0.2) is 0 Å². The first kappa shape index (κ1) is 11.3. The van der Waals surface area contributed by atoms with Crippen molar-refractivity contribution in [1.82, 2.24) is 0 Å². The summed E-state index contributed by atoms with van der Waals surface area (Å²) in [4.78, 5) is 11.1. The van der Waals surface area contributed by atoms with E-state index in [1.165, 1.54) is 32.1 Å². The number of rotatable bonds is 2. The van der Waals surface area contributed by atoms with Gasteiger partial charge in [0.1, 0.15) is 6.10 Å². The highest BCUT2D eigenvalue weighted by atomic mass is 16.7. The van der Waals surface area contributed by atoms with Gasteiger partial charge >= 0.3 is 6.16 Å². The van der Waals surface area contributed by atoms with E-state index in [2.05, 4.69) is 0 Å². The van der Waals surface area contributed by atoms with Crippen LogP contribution in [-0.2, 0) is 9.47 Å². The van der Waals surface area contributed by atoms with E-state index in [0.717, 1.165) is 12.8 Å². The van der Waals surface area contributed by atoms with E-state index in [1.54, 1.807) is 6.92 Å². The second-order valence-electron chi connectivity index (χ2n) is 3.77. The van der Waals surface area contributed by atoms with Gasteiger partial charge in [-0.1, -0.05) is 19.3 Å². The third-order valence-electron chi connectivity index (χ3n) is 2.58. The lowest BCUT2D eigenvalue weighted by atomic mass is 9.99. The largest absolute Gasteiger partial charge is 0.508 e.